The molecule has 0 bridgehead atoms. The number of aromatic nitrogens is 4. The molecule has 1 amide bonds. The van der Waals surface area contributed by atoms with Crippen LogP contribution in [0.25, 0.3) is 0 Å². The molecular weight excluding hydrogens is 294 g/mol. The molecule has 3 heterocycles. The molecule has 0 spiro atoms. The highest BCUT2D eigenvalue weighted by molar-refractivity contribution is 5.96. The first-order valence-corrected chi connectivity index (χ1v) is 8.06. The van der Waals surface area contributed by atoms with Gasteiger partial charge in [0, 0.05) is 19.2 Å². The van der Waals surface area contributed by atoms with Gasteiger partial charge in [-0.25, -0.2) is 4.98 Å². The summed E-state index contributed by atoms with van der Waals surface area (Å²) in [6.45, 7) is 3.60. The Morgan fingerprint density at radius 2 is 2.26 bits per heavy atom. The molecule has 2 aromatic heterocycles. The summed E-state index contributed by atoms with van der Waals surface area (Å²) in [6.07, 6.45) is 6.06. The fraction of sp³-hybridized carbons (Fsp3) is 0.500. The standard InChI is InChI=1S/C16H21N5O2/c1-2-23-16-12(7-6-9-17-16)15(22)18-11-14-20-19-13-8-4-3-5-10-21(13)14/h6-7,9H,2-5,8,10-11H2,1H3,(H,18,22). The number of hydrogen-bond acceptors (Lipinski definition) is 5. The molecule has 122 valence electrons. The number of pyridine rings is 1. The van der Waals surface area contributed by atoms with Gasteiger partial charge in [-0.15, -0.1) is 10.2 Å². The number of amides is 1. The fourth-order valence-corrected chi connectivity index (χ4v) is 2.75. The highest BCUT2D eigenvalue weighted by atomic mass is 16.5. The van der Waals surface area contributed by atoms with Crippen LogP contribution in [0.15, 0.2) is 18.3 Å². The average molecular weight is 315 g/mol. The van der Waals surface area contributed by atoms with E-state index < -0.39 is 0 Å². The third kappa shape index (κ3) is 3.49. The maximum atomic E-state index is 12.4. The lowest BCUT2D eigenvalue weighted by Gasteiger charge is -2.10. The van der Waals surface area contributed by atoms with Crippen molar-refractivity contribution >= 4 is 5.91 Å². The molecule has 7 nitrogen and oxygen atoms in total. The summed E-state index contributed by atoms with van der Waals surface area (Å²) in [5, 5.41) is 11.3. The number of nitrogens with one attached hydrogen (secondary N) is 1. The minimum atomic E-state index is -0.215. The maximum Gasteiger partial charge on any atom is 0.257 e. The van der Waals surface area contributed by atoms with Gasteiger partial charge in [0.15, 0.2) is 5.82 Å². The van der Waals surface area contributed by atoms with E-state index in [4.69, 9.17) is 4.74 Å². The lowest BCUT2D eigenvalue weighted by molar-refractivity contribution is 0.0944. The predicted molar refractivity (Wildman–Crippen MR) is 84.2 cm³/mol. The first-order chi connectivity index (χ1) is 11.3. The van der Waals surface area contributed by atoms with Crippen LogP contribution >= 0.6 is 0 Å². The number of carbonyl (C=O) groups excluding carboxylic acids is 1. The SMILES string of the molecule is CCOc1ncccc1C(=O)NCc1nnc2n1CCCCC2. The topological polar surface area (TPSA) is 81.9 Å². The second-order valence-corrected chi connectivity index (χ2v) is 5.47. The van der Waals surface area contributed by atoms with E-state index >= 15 is 0 Å². The van der Waals surface area contributed by atoms with Crippen molar-refractivity contribution in [2.75, 3.05) is 6.61 Å². The third-order valence-electron chi connectivity index (χ3n) is 3.89. The number of rotatable bonds is 5. The summed E-state index contributed by atoms with van der Waals surface area (Å²) in [5.74, 6) is 1.96. The van der Waals surface area contributed by atoms with Gasteiger partial charge < -0.3 is 14.6 Å². The van der Waals surface area contributed by atoms with E-state index in [-0.39, 0.29) is 5.91 Å². The Kier molecular flexibility index (Phi) is 4.85. The number of hydrogen-bond donors (Lipinski definition) is 1. The van der Waals surface area contributed by atoms with Gasteiger partial charge in [0.25, 0.3) is 5.91 Å². The Balaban J connectivity index is 1.69. The second kappa shape index (κ2) is 7.21. The minimum absolute atomic E-state index is 0.215. The number of fused-ring (bicyclic) bond motifs is 1. The van der Waals surface area contributed by atoms with Crippen LogP contribution in [0, 0.1) is 0 Å². The van der Waals surface area contributed by atoms with Crippen molar-refractivity contribution < 1.29 is 9.53 Å². The van der Waals surface area contributed by atoms with Crippen molar-refractivity contribution in [1.82, 2.24) is 25.1 Å². The Labute approximate surface area is 135 Å². The monoisotopic (exact) mass is 315 g/mol. The van der Waals surface area contributed by atoms with Gasteiger partial charge in [-0.1, -0.05) is 6.42 Å². The lowest BCUT2D eigenvalue weighted by Crippen LogP contribution is -2.25. The van der Waals surface area contributed by atoms with Crippen molar-refractivity contribution in [2.45, 2.75) is 45.7 Å². The molecule has 1 N–H and O–H groups in total. The quantitative estimate of drug-likeness (QED) is 0.908. The summed E-state index contributed by atoms with van der Waals surface area (Å²) >= 11 is 0. The Morgan fingerprint density at radius 3 is 3.13 bits per heavy atom. The van der Waals surface area contributed by atoms with Crippen molar-refractivity contribution in [1.29, 1.82) is 0 Å². The molecule has 0 aliphatic carbocycles. The zero-order chi connectivity index (χ0) is 16.1. The van der Waals surface area contributed by atoms with Crippen LogP contribution in [0.2, 0.25) is 0 Å². The second-order valence-electron chi connectivity index (χ2n) is 5.47. The van der Waals surface area contributed by atoms with E-state index in [1.807, 2.05) is 6.92 Å². The van der Waals surface area contributed by atoms with Crippen LogP contribution in [0.1, 0.15) is 48.2 Å². The van der Waals surface area contributed by atoms with Crippen molar-refractivity contribution in [3.05, 3.63) is 35.5 Å². The highest BCUT2D eigenvalue weighted by Gasteiger charge is 2.17. The molecule has 0 aromatic carbocycles. The summed E-state index contributed by atoms with van der Waals surface area (Å²) in [4.78, 5) is 16.5. The van der Waals surface area contributed by atoms with Crippen molar-refractivity contribution in [3.63, 3.8) is 0 Å². The van der Waals surface area contributed by atoms with Crippen LogP contribution in [-0.4, -0.2) is 32.3 Å². The first-order valence-electron chi connectivity index (χ1n) is 8.06. The summed E-state index contributed by atoms with van der Waals surface area (Å²) < 4.78 is 7.52. The maximum absolute atomic E-state index is 12.4. The van der Waals surface area contributed by atoms with Gasteiger partial charge >= 0.3 is 0 Å². The molecule has 0 atom stereocenters. The van der Waals surface area contributed by atoms with Crippen LogP contribution < -0.4 is 10.1 Å². The first kappa shape index (κ1) is 15.5. The minimum Gasteiger partial charge on any atom is -0.477 e. The van der Waals surface area contributed by atoms with Crippen LogP contribution in [0.5, 0.6) is 5.88 Å². The van der Waals surface area contributed by atoms with Crippen molar-refractivity contribution in [3.8, 4) is 5.88 Å². The Hall–Kier alpha value is -2.44. The highest BCUT2D eigenvalue weighted by Crippen LogP contribution is 2.16. The van der Waals surface area contributed by atoms with Gasteiger partial charge in [-0.2, -0.15) is 0 Å². The zero-order valence-corrected chi connectivity index (χ0v) is 13.3. The van der Waals surface area contributed by atoms with Gasteiger partial charge in [-0.05, 0) is 31.9 Å². The Bertz CT molecular complexity index is 683. The number of nitrogens with zero attached hydrogens (tertiary/aromatic N) is 4. The van der Waals surface area contributed by atoms with E-state index in [2.05, 4.69) is 25.1 Å². The molecule has 7 heteroatoms. The molecule has 0 unspecified atom stereocenters. The smallest absolute Gasteiger partial charge is 0.257 e. The van der Waals surface area contributed by atoms with Gasteiger partial charge in [0.05, 0.1) is 13.2 Å². The number of ether oxygens (including phenoxy) is 1. The molecule has 1 aliphatic heterocycles. The van der Waals surface area contributed by atoms with Gasteiger partial charge in [0.1, 0.15) is 11.4 Å². The van der Waals surface area contributed by atoms with E-state index in [0.717, 1.165) is 37.5 Å². The average Bonchev–Trinajstić information content (AvgIpc) is 2.80. The van der Waals surface area contributed by atoms with E-state index in [0.29, 0.717) is 24.6 Å². The molecule has 0 saturated heterocycles. The van der Waals surface area contributed by atoms with Gasteiger partial charge in [0.2, 0.25) is 5.88 Å². The molecule has 1 aliphatic rings. The largest absolute Gasteiger partial charge is 0.477 e. The Morgan fingerprint density at radius 1 is 1.35 bits per heavy atom. The van der Waals surface area contributed by atoms with Crippen LogP contribution in [-0.2, 0) is 19.5 Å². The fourth-order valence-electron chi connectivity index (χ4n) is 2.75. The van der Waals surface area contributed by atoms with Crippen molar-refractivity contribution in [2.24, 2.45) is 0 Å². The third-order valence-corrected chi connectivity index (χ3v) is 3.89. The summed E-state index contributed by atoms with van der Waals surface area (Å²) in [7, 11) is 0. The zero-order valence-electron chi connectivity index (χ0n) is 13.3. The van der Waals surface area contributed by atoms with E-state index in [9.17, 15) is 4.79 Å². The molecule has 23 heavy (non-hydrogen) atoms. The van der Waals surface area contributed by atoms with E-state index in [1.54, 1.807) is 18.3 Å². The number of aryl methyl sites for hydroxylation is 1. The van der Waals surface area contributed by atoms with Crippen LogP contribution in [0.3, 0.4) is 0 Å². The molecular formula is C16H21N5O2. The predicted octanol–water partition coefficient (Wildman–Crippen LogP) is 1.73. The normalized spacial score (nSPS) is 14.0. The van der Waals surface area contributed by atoms with Gasteiger partial charge in [-0.3, -0.25) is 4.79 Å². The van der Waals surface area contributed by atoms with E-state index in [1.165, 1.54) is 6.42 Å². The molecule has 0 radical (unpaired) electrons. The molecule has 3 rings (SSSR count). The lowest BCUT2D eigenvalue weighted by atomic mass is 10.2. The number of carbonyl (C=O) groups is 1. The van der Waals surface area contributed by atoms with Crippen LogP contribution in [0.4, 0.5) is 0 Å². The summed E-state index contributed by atoms with van der Waals surface area (Å²) in [5.41, 5.74) is 0.435. The molecule has 0 saturated carbocycles. The molecule has 2 aromatic rings. The molecule has 0 fully saturated rings. The summed E-state index contributed by atoms with van der Waals surface area (Å²) in [6, 6.07) is 3.43.